The molecule has 1 aromatic heterocycles. The maximum atomic E-state index is 11.7. The van der Waals surface area contributed by atoms with Gasteiger partial charge in [0.05, 0.1) is 0 Å². The Labute approximate surface area is 100.0 Å². The van der Waals surface area contributed by atoms with Gasteiger partial charge in [-0.2, -0.15) is 5.10 Å². The fraction of sp³-hybridized carbons (Fsp3) is 0.636. The quantitative estimate of drug-likeness (QED) is 0.820. The third kappa shape index (κ3) is 2.55. The van der Waals surface area contributed by atoms with Crippen molar-refractivity contribution in [1.29, 1.82) is 0 Å². The van der Waals surface area contributed by atoms with Crippen molar-refractivity contribution in [3.05, 3.63) is 18.0 Å². The second-order valence-corrected chi connectivity index (χ2v) is 4.51. The Balaban J connectivity index is 1.96. The number of piperidine rings is 1. The number of aromatic nitrogens is 2. The molecular formula is C11H16ClN3O. The normalized spacial score (nSPS) is 21.1. The second kappa shape index (κ2) is 5.34. The van der Waals surface area contributed by atoms with E-state index in [0.717, 1.165) is 31.6 Å². The zero-order chi connectivity index (χ0) is 11.4. The number of carbonyl (C=O) groups excluding carboxylic acids is 1. The zero-order valence-electron chi connectivity index (χ0n) is 9.16. The van der Waals surface area contributed by atoms with E-state index in [1.165, 1.54) is 0 Å². The third-order valence-electron chi connectivity index (χ3n) is 3.04. The van der Waals surface area contributed by atoms with Crippen molar-refractivity contribution >= 4 is 17.5 Å². The van der Waals surface area contributed by atoms with Gasteiger partial charge in [-0.1, -0.05) is 0 Å². The number of rotatable bonds is 3. The van der Waals surface area contributed by atoms with Crippen LogP contribution in [0, 0.1) is 0 Å². The smallest absolute Gasteiger partial charge is 0.223 e. The van der Waals surface area contributed by atoms with Crippen LogP contribution in [0.15, 0.2) is 12.3 Å². The van der Waals surface area contributed by atoms with E-state index in [-0.39, 0.29) is 5.91 Å². The molecule has 0 spiro atoms. The molecule has 88 valence electrons. The fourth-order valence-electron chi connectivity index (χ4n) is 2.19. The van der Waals surface area contributed by atoms with E-state index in [9.17, 15) is 4.79 Å². The van der Waals surface area contributed by atoms with Crippen molar-refractivity contribution in [2.24, 2.45) is 0 Å². The fourth-order valence-corrected chi connectivity index (χ4v) is 2.35. The number of carbonyl (C=O) groups is 1. The second-order valence-electron chi connectivity index (χ2n) is 4.13. The summed E-state index contributed by atoms with van der Waals surface area (Å²) in [4.78, 5) is 13.6. The Morgan fingerprint density at radius 1 is 1.69 bits per heavy atom. The van der Waals surface area contributed by atoms with E-state index >= 15 is 0 Å². The van der Waals surface area contributed by atoms with Crippen LogP contribution in [0.25, 0.3) is 0 Å². The molecule has 1 aromatic rings. The molecule has 1 aliphatic rings. The lowest BCUT2D eigenvalue weighted by Crippen LogP contribution is -2.39. The SMILES string of the molecule is O=C(CCCl)N1CCCC(c2ccn[nH]2)C1. The highest BCUT2D eigenvalue weighted by Gasteiger charge is 2.24. The molecule has 1 N–H and O–H groups in total. The van der Waals surface area contributed by atoms with Crippen LogP contribution in [0.2, 0.25) is 0 Å². The van der Waals surface area contributed by atoms with Crippen molar-refractivity contribution in [1.82, 2.24) is 15.1 Å². The number of halogens is 1. The molecule has 0 bridgehead atoms. The molecule has 1 aliphatic heterocycles. The molecule has 1 fully saturated rings. The van der Waals surface area contributed by atoms with Gasteiger partial charge in [0.2, 0.25) is 5.91 Å². The van der Waals surface area contributed by atoms with Gasteiger partial charge in [-0.25, -0.2) is 0 Å². The third-order valence-corrected chi connectivity index (χ3v) is 3.23. The first kappa shape index (κ1) is 11.5. The number of alkyl halides is 1. The average Bonchev–Trinajstić information content (AvgIpc) is 2.83. The molecule has 0 radical (unpaired) electrons. The molecule has 1 unspecified atom stereocenters. The number of amides is 1. The molecule has 0 aromatic carbocycles. The minimum absolute atomic E-state index is 0.166. The maximum absolute atomic E-state index is 11.7. The van der Waals surface area contributed by atoms with Crippen LogP contribution >= 0.6 is 11.6 Å². The molecule has 0 aliphatic carbocycles. The summed E-state index contributed by atoms with van der Waals surface area (Å²) >= 11 is 5.59. The van der Waals surface area contributed by atoms with Crippen molar-refractivity contribution in [3.63, 3.8) is 0 Å². The van der Waals surface area contributed by atoms with E-state index in [0.29, 0.717) is 18.2 Å². The summed E-state index contributed by atoms with van der Waals surface area (Å²) in [6, 6.07) is 1.99. The summed E-state index contributed by atoms with van der Waals surface area (Å²) in [5.41, 5.74) is 1.13. The van der Waals surface area contributed by atoms with Gasteiger partial charge in [-0.15, -0.1) is 11.6 Å². The molecule has 2 rings (SSSR count). The lowest BCUT2D eigenvalue weighted by atomic mass is 9.95. The van der Waals surface area contributed by atoms with Crippen LogP contribution in [0.5, 0.6) is 0 Å². The van der Waals surface area contributed by atoms with Crippen LogP contribution in [0.3, 0.4) is 0 Å². The maximum Gasteiger partial charge on any atom is 0.223 e. The summed E-state index contributed by atoms with van der Waals surface area (Å²) in [5, 5.41) is 6.94. The Morgan fingerprint density at radius 3 is 3.25 bits per heavy atom. The molecule has 0 saturated carbocycles. The van der Waals surface area contributed by atoms with Gasteiger partial charge in [0.15, 0.2) is 0 Å². The zero-order valence-corrected chi connectivity index (χ0v) is 9.91. The van der Waals surface area contributed by atoms with Gasteiger partial charge in [0.1, 0.15) is 0 Å². The topological polar surface area (TPSA) is 49.0 Å². The van der Waals surface area contributed by atoms with Crippen LogP contribution < -0.4 is 0 Å². The summed E-state index contributed by atoms with van der Waals surface area (Å²) < 4.78 is 0. The van der Waals surface area contributed by atoms with Gasteiger partial charge < -0.3 is 4.90 Å². The van der Waals surface area contributed by atoms with E-state index in [1.54, 1.807) is 6.20 Å². The number of likely N-dealkylation sites (tertiary alicyclic amines) is 1. The molecule has 1 atom stereocenters. The highest BCUT2D eigenvalue weighted by molar-refractivity contribution is 6.18. The predicted molar refractivity (Wildman–Crippen MR) is 62.5 cm³/mol. The summed E-state index contributed by atoms with van der Waals surface area (Å²) in [7, 11) is 0. The summed E-state index contributed by atoms with van der Waals surface area (Å²) in [6.45, 7) is 1.65. The van der Waals surface area contributed by atoms with Gasteiger partial charge in [0, 0.05) is 43.2 Å². The number of nitrogens with one attached hydrogen (secondary N) is 1. The number of nitrogens with zero attached hydrogens (tertiary/aromatic N) is 2. The minimum Gasteiger partial charge on any atom is -0.342 e. The lowest BCUT2D eigenvalue weighted by molar-refractivity contribution is -0.131. The van der Waals surface area contributed by atoms with Crippen molar-refractivity contribution in [3.8, 4) is 0 Å². The summed E-state index contributed by atoms with van der Waals surface area (Å²) in [5.74, 6) is 0.971. The molecule has 16 heavy (non-hydrogen) atoms. The highest BCUT2D eigenvalue weighted by Crippen LogP contribution is 2.25. The van der Waals surface area contributed by atoms with Crippen LogP contribution in [-0.4, -0.2) is 40.0 Å². The largest absolute Gasteiger partial charge is 0.342 e. The summed E-state index contributed by atoms with van der Waals surface area (Å²) in [6.07, 6.45) is 4.37. The highest BCUT2D eigenvalue weighted by atomic mass is 35.5. The molecule has 2 heterocycles. The van der Waals surface area contributed by atoms with E-state index < -0.39 is 0 Å². The lowest BCUT2D eigenvalue weighted by Gasteiger charge is -2.32. The van der Waals surface area contributed by atoms with Crippen LogP contribution in [0.4, 0.5) is 0 Å². The Bertz CT molecular complexity index is 339. The molecule has 5 heteroatoms. The molecular weight excluding hydrogens is 226 g/mol. The van der Waals surface area contributed by atoms with Crippen molar-refractivity contribution in [2.45, 2.75) is 25.2 Å². The monoisotopic (exact) mass is 241 g/mol. The Kier molecular flexibility index (Phi) is 3.83. The number of hydrogen-bond acceptors (Lipinski definition) is 2. The van der Waals surface area contributed by atoms with E-state index in [1.807, 2.05) is 11.0 Å². The minimum atomic E-state index is 0.166. The van der Waals surface area contributed by atoms with E-state index in [2.05, 4.69) is 10.2 Å². The van der Waals surface area contributed by atoms with Crippen molar-refractivity contribution in [2.75, 3.05) is 19.0 Å². The first-order chi connectivity index (χ1) is 7.81. The van der Waals surface area contributed by atoms with Gasteiger partial charge in [-0.3, -0.25) is 9.89 Å². The number of hydrogen-bond donors (Lipinski definition) is 1. The first-order valence-electron chi connectivity index (χ1n) is 5.64. The molecule has 1 saturated heterocycles. The standard InChI is InChI=1S/C11H16ClN3O/c12-5-3-11(16)15-7-1-2-9(8-15)10-4-6-13-14-10/h4,6,9H,1-3,5,7-8H2,(H,13,14). The number of H-pyrrole nitrogens is 1. The van der Waals surface area contributed by atoms with Crippen molar-refractivity contribution < 1.29 is 4.79 Å². The van der Waals surface area contributed by atoms with E-state index in [4.69, 9.17) is 11.6 Å². The number of aromatic amines is 1. The van der Waals surface area contributed by atoms with Gasteiger partial charge in [-0.05, 0) is 18.9 Å². The van der Waals surface area contributed by atoms with Crippen LogP contribution in [0.1, 0.15) is 30.9 Å². The van der Waals surface area contributed by atoms with Crippen LogP contribution in [-0.2, 0) is 4.79 Å². The molecule has 1 amide bonds. The molecule has 4 nitrogen and oxygen atoms in total. The van der Waals surface area contributed by atoms with Gasteiger partial charge in [0.25, 0.3) is 0 Å². The first-order valence-corrected chi connectivity index (χ1v) is 6.17. The Morgan fingerprint density at radius 2 is 2.56 bits per heavy atom. The Hall–Kier alpha value is -1.03. The van der Waals surface area contributed by atoms with Gasteiger partial charge >= 0.3 is 0 Å². The predicted octanol–water partition coefficient (Wildman–Crippen LogP) is 1.74. The average molecular weight is 242 g/mol.